The first-order valence-corrected chi connectivity index (χ1v) is 4.98. The Hall–Kier alpha value is -1.26. The summed E-state index contributed by atoms with van der Waals surface area (Å²) in [7, 11) is 0. The highest BCUT2D eigenvalue weighted by Crippen LogP contribution is 2.39. The van der Waals surface area contributed by atoms with E-state index in [2.05, 4.69) is 0 Å². The van der Waals surface area contributed by atoms with Gasteiger partial charge in [-0.1, -0.05) is 0 Å². The number of anilines is 1. The maximum Gasteiger partial charge on any atom is 0.324 e. The van der Waals surface area contributed by atoms with Crippen molar-refractivity contribution in [2.75, 3.05) is 5.73 Å². The number of benzene rings is 1. The van der Waals surface area contributed by atoms with Crippen molar-refractivity contribution in [3.8, 4) is 5.75 Å². The van der Waals surface area contributed by atoms with Gasteiger partial charge in [0.15, 0.2) is 0 Å². The lowest BCUT2D eigenvalue weighted by atomic mass is 10.2. The lowest BCUT2D eigenvalue weighted by Gasteiger charge is -2.22. The predicted molar refractivity (Wildman–Crippen MR) is 56.1 cm³/mol. The Morgan fingerprint density at radius 3 is 2.53 bits per heavy atom. The van der Waals surface area contributed by atoms with Crippen molar-refractivity contribution in [3.63, 3.8) is 0 Å². The van der Waals surface area contributed by atoms with E-state index in [-0.39, 0.29) is 5.92 Å². The summed E-state index contributed by atoms with van der Waals surface area (Å²) in [5, 5.41) is 19.2. The van der Waals surface area contributed by atoms with E-state index in [9.17, 15) is 10.2 Å². The summed E-state index contributed by atoms with van der Waals surface area (Å²) < 4.78 is 5.12. The van der Waals surface area contributed by atoms with Gasteiger partial charge < -0.3 is 20.7 Å². The van der Waals surface area contributed by atoms with Gasteiger partial charge in [0.25, 0.3) is 0 Å². The van der Waals surface area contributed by atoms with E-state index in [0.717, 1.165) is 18.4 Å². The zero-order chi connectivity index (χ0) is 11.1. The smallest absolute Gasteiger partial charge is 0.324 e. The van der Waals surface area contributed by atoms with E-state index in [4.69, 9.17) is 10.5 Å². The van der Waals surface area contributed by atoms with Crippen LogP contribution in [0.2, 0.25) is 0 Å². The molecule has 0 saturated heterocycles. The summed E-state index contributed by atoms with van der Waals surface area (Å²) in [6, 6.07) is 5.09. The molecule has 1 aliphatic rings. The molecule has 82 valence electrons. The normalized spacial score (nSPS) is 16.5. The largest absolute Gasteiger partial charge is 0.439 e. The van der Waals surface area contributed by atoms with Gasteiger partial charge in [-0.2, -0.15) is 0 Å². The molecule has 0 radical (unpaired) electrons. The Morgan fingerprint density at radius 1 is 1.33 bits per heavy atom. The molecule has 0 bridgehead atoms. The van der Waals surface area contributed by atoms with Crippen LogP contribution >= 0.6 is 0 Å². The van der Waals surface area contributed by atoms with Crippen molar-refractivity contribution in [2.24, 2.45) is 5.92 Å². The molecule has 0 aromatic heterocycles. The zero-order valence-electron chi connectivity index (χ0n) is 8.60. The zero-order valence-corrected chi connectivity index (χ0v) is 8.60. The number of ether oxygens (including phenoxy) is 1. The molecule has 0 aliphatic heterocycles. The third-order valence-corrected chi connectivity index (χ3v) is 2.45. The summed E-state index contributed by atoms with van der Waals surface area (Å²) in [6.45, 7) is 1.87. The SMILES string of the molecule is Cc1cc(N)cc(OC(O)(O)C2CC2)c1. The number of nitrogen functional groups attached to an aromatic ring is 1. The van der Waals surface area contributed by atoms with Crippen LogP contribution in [0.1, 0.15) is 18.4 Å². The lowest BCUT2D eigenvalue weighted by Crippen LogP contribution is -2.37. The molecule has 0 spiro atoms. The van der Waals surface area contributed by atoms with E-state index in [1.165, 1.54) is 0 Å². The first kappa shape index (κ1) is 10.3. The van der Waals surface area contributed by atoms with Gasteiger partial charge in [-0.05, 0) is 37.5 Å². The van der Waals surface area contributed by atoms with Gasteiger partial charge in [-0.25, -0.2) is 0 Å². The minimum atomic E-state index is -2.06. The molecule has 0 heterocycles. The van der Waals surface area contributed by atoms with Gasteiger partial charge in [0.2, 0.25) is 0 Å². The molecule has 1 aromatic carbocycles. The fraction of sp³-hybridized carbons (Fsp3) is 0.455. The molecule has 0 unspecified atom stereocenters. The van der Waals surface area contributed by atoms with Crippen molar-refractivity contribution in [2.45, 2.75) is 25.7 Å². The molecular weight excluding hydrogens is 194 g/mol. The first-order chi connectivity index (χ1) is 6.97. The highest BCUT2D eigenvalue weighted by Gasteiger charge is 2.45. The Morgan fingerprint density at radius 2 is 2.00 bits per heavy atom. The Kier molecular flexibility index (Phi) is 2.32. The van der Waals surface area contributed by atoms with Gasteiger partial charge in [-0.3, -0.25) is 0 Å². The summed E-state index contributed by atoms with van der Waals surface area (Å²) in [5.41, 5.74) is 7.11. The molecule has 1 fully saturated rings. The molecule has 1 saturated carbocycles. The second-order valence-electron chi connectivity index (χ2n) is 4.11. The van der Waals surface area contributed by atoms with Crippen molar-refractivity contribution in [1.82, 2.24) is 0 Å². The van der Waals surface area contributed by atoms with Gasteiger partial charge >= 0.3 is 5.97 Å². The maximum absolute atomic E-state index is 9.58. The highest BCUT2D eigenvalue weighted by atomic mass is 16.8. The van der Waals surface area contributed by atoms with E-state index in [1.807, 2.05) is 6.92 Å². The van der Waals surface area contributed by atoms with E-state index in [0.29, 0.717) is 11.4 Å². The predicted octanol–water partition coefficient (Wildman–Crippen LogP) is 1.00. The van der Waals surface area contributed by atoms with Crippen LogP contribution < -0.4 is 10.5 Å². The van der Waals surface area contributed by atoms with Crippen molar-refractivity contribution < 1.29 is 14.9 Å². The van der Waals surface area contributed by atoms with Gasteiger partial charge in [0.1, 0.15) is 5.75 Å². The van der Waals surface area contributed by atoms with E-state index >= 15 is 0 Å². The molecular formula is C11H15NO3. The standard InChI is InChI=1S/C11H15NO3/c1-7-4-9(12)6-10(5-7)15-11(13,14)8-2-3-8/h4-6,8,13-14H,2-3,12H2,1H3. The molecule has 1 aromatic rings. The van der Waals surface area contributed by atoms with Crippen LogP contribution in [-0.4, -0.2) is 16.2 Å². The summed E-state index contributed by atoms with van der Waals surface area (Å²) in [6.07, 6.45) is 1.57. The average molecular weight is 209 g/mol. The summed E-state index contributed by atoms with van der Waals surface area (Å²) in [4.78, 5) is 0. The Bertz CT molecular complexity index is 352. The summed E-state index contributed by atoms with van der Waals surface area (Å²) in [5.74, 6) is -1.84. The molecule has 4 nitrogen and oxygen atoms in total. The second-order valence-corrected chi connectivity index (χ2v) is 4.11. The highest BCUT2D eigenvalue weighted by molar-refractivity contribution is 5.47. The fourth-order valence-corrected chi connectivity index (χ4v) is 1.55. The average Bonchev–Trinajstić information content (AvgIpc) is 2.80. The maximum atomic E-state index is 9.58. The van der Waals surface area contributed by atoms with Gasteiger partial charge in [-0.15, -0.1) is 0 Å². The van der Waals surface area contributed by atoms with E-state index in [1.54, 1.807) is 18.2 Å². The van der Waals surface area contributed by atoms with Gasteiger partial charge in [0.05, 0.1) is 5.92 Å². The van der Waals surface area contributed by atoms with Crippen LogP contribution in [0.5, 0.6) is 5.75 Å². The quantitative estimate of drug-likeness (QED) is 0.513. The molecule has 4 N–H and O–H groups in total. The van der Waals surface area contributed by atoms with Crippen LogP contribution in [0.25, 0.3) is 0 Å². The van der Waals surface area contributed by atoms with Gasteiger partial charge in [0, 0.05) is 11.8 Å². The molecule has 1 aliphatic carbocycles. The molecule has 4 heteroatoms. The minimum absolute atomic E-state index is 0.181. The number of rotatable bonds is 3. The first-order valence-electron chi connectivity index (χ1n) is 4.98. The van der Waals surface area contributed by atoms with Crippen molar-refractivity contribution >= 4 is 5.69 Å². The number of aryl methyl sites for hydroxylation is 1. The Labute approximate surface area is 88.3 Å². The van der Waals surface area contributed by atoms with Crippen LogP contribution in [0.3, 0.4) is 0 Å². The van der Waals surface area contributed by atoms with Crippen LogP contribution in [0, 0.1) is 12.8 Å². The van der Waals surface area contributed by atoms with Crippen LogP contribution in [-0.2, 0) is 0 Å². The number of aliphatic hydroxyl groups is 2. The minimum Gasteiger partial charge on any atom is -0.439 e. The van der Waals surface area contributed by atoms with Crippen molar-refractivity contribution in [1.29, 1.82) is 0 Å². The molecule has 2 rings (SSSR count). The monoisotopic (exact) mass is 209 g/mol. The fourth-order valence-electron chi connectivity index (χ4n) is 1.55. The topological polar surface area (TPSA) is 75.7 Å². The summed E-state index contributed by atoms with van der Waals surface area (Å²) >= 11 is 0. The lowest BCUT2D eigenvalue weighted by molar-refractivity contribution is -0.305. The second kappa shape index (κ2) is 3.40. The number of hydrogen-bond donors (Lipinski definition) is 3. The van der Waals surface area contributed by atoms with E-state index < -0.39 is 5.97 Å². The molecule has 0 amide bonds. The van der Waals surface area contributed by atoms with Crippen LogP contribution in [0.15, 0.2) is 18.2 Å². The molecule has 0 atom stereocenters. The number of hydrogen-bond acceptors (Lipinski definition) is 4. The number of nitrogens with two attached hydrogens (primary N) is 1. The third-order valence-electron chi connectivity index (χ3n) is 2.45. The molecule has 15 heavy (non-hydrogen) atoms. The van der Waals surface area contributed by atoms with Crippen molar-refractivity contribution in [3.05, 3.63) is 23.8 Å². The third kappa shape index (κ3) is 2.40. The Balaban J connectivity index is 2.16. The van der Waals surface area contributed by atoms with Crippen LogP contribution in [0.4, 0.5) is 5.69 Å².